The van der Waals surface area contributed by atoms with Crippen molar-refractivity contribution in [3.8, 4) is 17.2 Å². The number of piperazine rings is 1. The van der Waals surface area contributed by atoms with Gasteiger partial charge >= 0.3 is 0 Å². The Morgan fingerprint density at radius 2 is 1.71 bits per heavy atom. The first-order valence-electron chi connectivity index (χ1n) is 10.5. The van der Waals surface area contributed by atoms with Gasteiger partial charge in [-0.05, 0) is 48.4 Å². The van der Waals surface area contributed by atoms with Crippen LogP contribution >= 0.6 is 0 Å². The van der Waals surface area contributed by atoms with E-state index in [9.17, 15) is 4.79 Å². The molecule has 0 radical (unpaired) electrons. The Morgan fingerprint density at radius 3 is 2.35 bits per heavy atom. The van der Waals surface area contributed by atoms with Crippen molar-refractivity contribution < 1.29 is 14.3 Å². The minimum absolute atomic E-state index is 0.00311. The van der Waals surface area contributed by atoms with E-state index in [4.69, 9.17) is 9.47 Å². The van der Waals surface area contributed by atoms with E-state index in [2.05, 4.69) is 22.0 Å². The van der Waals surface area contributed by atoms with E-state index < -0.39 is 0 Å². The minimum Gasteiger partial charge on any atom is -0.497 e. The van der Waals surface area contributed by atoms with Crippen molar-refractivity contribution in [2.75, 3.05) is 44.8 Å². The number of methoxy groups -OCH3 is 1. The molecule has 1 aliphatic rings. The SMILES string of the molecule is CCc1ccc(OCC(=O)N2CCN(c3ccc(OC)cc3)CC2)c(-n2cnnc2)c1. The summed E-state index contributed by atoms with van der Waals surface area (Å²) in [7, 11) is 1.66. The number of amides is 1. The molecule has 1 fully saturated rings. The van der Waals surface area contributed by atoms with Crippen molar-refractivity contribution in [3.05, 3.63) is 60.7 Å². The zero-order valence-electron chi connectivity index (χ0n) is 17.9. The number of anilines is 1. The van der Waals surface area contributed by atoms with E-state index in [1.807, 2.05) is 47.4 Å². The number of aryl methyl sites for hydroxylation is 1. The van der Waals surface area contributed by atoms with Crippen molar-refractivity contribution in [2.24, 2.45) is 0 Å². The Labute approximate surface area is 182 Å². The average Bonchev–Trinajstić information content (AvgIpc) is 3.37. The van der Waals surface area contributed by atoms with Crippen LogP contribution in [0.5, 0.6) is 11.5 Å². The second-order valence-corrected chi connectivity index (χ2v) is 7.38. The third-order valence-corrected chi connectivity index (χ3v) is 5.55. The normalized spacial score (nSPS) is 13.9. The molecule has 3 aromatic rings. The molecule has 1 aromatic heterocycles. The molecule has 1 saturated heterocycles. The van der Waals surface area contributed by atoms with Crippen LogP contribution in [0.25, 0.3) is 5.69 Å². The number of hydrogen-bond acceptors (Lipinski definition) is 6. The highest BCUT2D eigenvalue weighted by Crippen LogP contribution is 2.25. The molecule has 0 aliphatic carbocycles. The highest BCUT2D eigenvalue weighted by molar-refractivity contribution is 5.78. The lowest BCUT2D eigenvalue weighted by Crippen LogP contribution is -2.50. The molecule has 0 atom stereocenters. The van der Waals surface area contributed by atoms with Gasteiger partial charge in [-0.2, -0.15) is 0 Å². The summed E-state index contributed by atoms with van der Waals surface area (Å²) >= 11 is 0. The van der Waals surface area contributed by atoms with Crippen LogP contribution in [0.4, 0.5) is 5.69 Å². The molecular weight excluding hydrogens is 394 g/mol. The van der Waals surface area contributed by atoms with Crippen molar-refractivity contribution in [1.82, 2.24) is 19.7 Å². The molecule has 8 nitrogen and oxygen atoms in total. The minimum atomic E-state index is -0.0105. The number of carbonyl (C=O) groups is 1. The van der Waals surface area contributed by atoms with E-state index in [1.165, 1.54) is 5.56 Å². The first-order valence-corrected chi connectivity index (χ1v) is 10.5. The Balaban J connectivity index is 1.35. The molecule has 1 aliphatic heterocycles. The lowest BCUT2D eigenvalue weighted by atomic mass is 10.1. The second-order valence-electron chi connectivity index (χ2n) is 7.38. The van der Waals surface area contributed by atoms with Crippen LogP contribution in [0.2, 0.25) is 0 Å². The van der Waals surface area contributed by atoms with Gasteiger partial charge in [0.25, 0.3) is 5.91 Å². The van der Waals surface area contributed by atoms with Crippen molar-refractivity contribution >= 4 is 11.6 Å². The summed E-state index contributed by atoms with van der Waals surface area (Å²) in [6, 6.07) is 14.0. The maximum atomic E-state index is 12.8. The van der Waals surface area contributed by atoms with Crippen LogP contribution in [0.1, 0.15) is 12.5 Å². The number of aromatic nitrogens is 3. The van der Waals surface area contributed by atoms with Crippen molar-refractivity contribution in [1.29, 1.82) is 0 Å². The predicted molar refractivity (Wildman–Crippen MR) is 118 cm³/mol. The highest BCUT2D eigenvalue weighted by atomic mass is 16.5. The molecule has 0 N–H and O–H groups in total. The summed E-state index contributed by atoms with van der Waals surface area (Å²) in [4.78, 5) is 16.9. The molecule has 4 rings (SSSR count). The molecule has 2 heterocycles. The molecule has 2 aromatic carbocycles. The van der Waals surface area contributed by atoms with Crippen LogP contribution < -0.4 is 14.4 Å². The third kappa shape index (κ3) is 4.79. The number of hydrogen-bond donors (Lipinski definition) is 0. The quantitative estimate of drug-likeness (QED) is 0.584. The fraction of sp³-hybridized carbons (Fsp3) is 0.348. The van der Waals surface area contributed by atoms with Crippen LogP contribution in [-0.4, -0.2) is 65.5 Å². The van der Waals surface area contributed by atoms with Gasteiger partial charge in [0, 0.05) is 31.9 Å². The topological polar surface area (TPSA) is 72.7 Å². The molecule has 0 spiro atoms. The molecule has 0 unspecified atom stereocenters. The standard InChI is InChI=1S/C23H27N5O3/c1-3-18-4-9-22(21(14-18)28-16-24-25-17-28)31-15-23(29)27-12-10-26(11-13-27)19-5-7-20(30-2)8-6-19/h4-9,14,16-17H,3,10-13,15H2,1-2H3. The van der Waals surface area contributed by atoms with E-state index in [0.717, 1.165) is 36.6 Å². The zero-order chi connectivity index (χ0) is 21.6. The van der Waals surface area contributed by atoms with Crippen LogP contribution in [0, 0.1) is 0 Å². The summed E-state index contributed by atoms with van der Waals surface area (Å²) in [6.07, 6.45) is 4.16. The monoisotopic (exact) mass is 421 g/mol. The maximum Gasteiger partial charge on any atom is 0.260 e. The number of rotatable bonds is 7. The molecule has 1 amide bonds. The Hall–Kier alpha value is -3.55. The number of benzene rings is 2. The summed E-state index contributed by atoms with van der Waals surface area (Å²) in [5.41, 5.74) is 3.15. The molecule has 162 valence electrons. The maximum absolute atomic E-state index is 12.8. The second kappa shape index (κ2) is 9.51. The van der Waals surface area contributed by atoms with Crippen LogP contribution in [0.15, 0.2) is 55.1 Å². The van der Waals surface area contributed by atoms with E-state index in [1.54, 1.807) is 24.3 Å². The van der Waals surface area contributed by atoms with Gasteiger partial charge in [-0.15, -0.1) is 10.2 Å². The van der Waals surface area contributed by atoms with E-state index >= 15 is 0 Å². The van der Waals surface area contributed by atoms with Gasteiger partial charge in [0.15, 0.2) is 6.61 Å². The van der Waals surface area contributed by atoms with Gasteiger partial charge in [0.05, 0.1) is 12.8 Å². The number of carbonyl (C=O) groups excluding carboxylic acids is 1. The number of nitrogens with zero attached hydrogens (tertiary/aromatic N) is 5. The largest absolute Gasteiger partial charge is 0.497 e. The lowest BCUT2D eigenvalue weighted by Gasteiger charge is -2.36. The van der Waals surface area contributed by atoms with Gasteiger partial charge in [-0.3, -0.25) is 9.36 Å². The fourth-order valence-corrected chi connectivity index (χ4v) is 3.67. The molecule has 0 saturated carbocycles. The molecule has 0 bridgehead atoms. The molecular formula is C23H27N5O3. The average molecular weight is 422 g/mol. The summed E-state index contributed by atoms with van der Waals surface area (Å²) in [5, 5.41) is 7.75. The van der Waals surface area contributed by atoms with Gasteiger partial charge in [0.1, 0.15) is 24.2 Å². The van der Waals surface area contributed by atoms with Crippen molar-refractivity contribution in [2.45, 2.75) is 13.3 Å². The fourth-order valence-electron chi connectivity index (χ4n) is 3.67. The summed E-state index contributed by atoms with van der Waals surface area (Å²) < 4.78 is 12.9. The van der Waals surface area contributed by atoms with Crippen LogP contribution in [-0.2, 0) is 11.2 Å². The lowest BCUT2D eigenvalue weighted by molar-refractivity contribution is -0.133. The van der Waals surface area contributed by atoms with Gasteiger partial charge in [-0.25, -0.2) is 0 Å². The Kier molecular flexibility index (Phi) is 6.35. The summed E-state index contributed by atoms with van der Waals surface area (Å²) in [5.74, 6) is 1.47. The van der Waals surface area contributed by atoms with Gasteiger partial charge in [-0.1, -0.05) is 13.0 Å². The first kappa shape index (κ1) is 20.7. The van der Waals surface area contributed by atoms with Gasteiger partial charge < -0.3 is 19.3 Å². The number of ether oxygens (including phenoxy) is 2. The van der Waals surface area contributed by atoms with E-state index in [0.29, 0.717) is 18.8 Å². The Bertz CT molecular complexity index is 997. The third-order valence-electron chi connectivity index (χ3n) is 5.55. The first-order chi connectivity index (χ1) is 15.2. The Morgan fingerprint density at radius 1 is 1.00 bits per heavy atom. The molecule has 31 heavy (non-hydrogen) atoms. The smallest absolute Gasteiger partial charge is 0.260 e. The zero-order valence-corrected chi connectivity index (χ0v) is 17.9. The molecule has 8 heteroatoms. The van der Waals surface area contributed by atoms with Crippen molar-refractivity contribution in [3.63, 3.8) is 0 Å². The predicted octanol–water partition coefficient (Wildman–Crippen LogP) is 2.57. The highest BCUT2D eigenvalue weighted by Gasteiger charge is 2.22. The van der Waals surface area contributed by atoms with Crippen LogP contribution in [0.3, 0.4) is 0 Å². The van der Waals surface area contributed by atoms with E-state index in [-0.39, 0.29) is 12.5 Å². The summed E-state index contributed by atoms with van der Waals surface area (Å²) in [6.45, 7) is 5.01. The van der Waals surface area contributed by atoms with Gasteiger partial charge in [0.2, 0.25) is 0 Å².